The van der Waals surface area contributed by atoms with E-state index >= 15 is 0 Å². The van der Waals surface area contributed by atoms with Crippen molar-refractivity contribution in [3.05, 3.63) is 53.6 Å². The van der Waals surface area contributed by atoms with Crippen LogP contribution in [0.3, 0.4) is 0 Å². The fourth-order valence-electron chi connectivity index (χ4n) is 2.70. The van der Waals surface area contributed by atoms with Crippen LogP contribution in [0.15, 0.2) is 47.4 Å². The summed E-state index contributed by atoms with van der Waals surface area (Å²) in [5.74, 6) is 1.47. The molecule has 0 radical (unpaired) electrons. The first-order valence-corrected chi connectivity index (χ1v) is 8.87. The molecule has 23 heavy (non-hydrogen) atoms. The Kier molecular flexibility index (Phi) is 4.28. The molecule has 122 valence electrons. The molecule has 1 heterocycles. The Labute approximate surface area is 136 Å². The predicted octanol–water partition coefficient (Wildman–Crippen LogP) is 2.29. The van der Waals surface area contributed by atoms with E-state index in [2.05, 4.69) is 4.72 Å². The molecule has 3 rings (SSSR count). The second-order valence-corrected chi connectivity index (χ2v) is 7.27. The zero-order valence-electron chi connectivity index (χ0n) is 13.1. The quantitative estimate of drug-likeness (QED) is 0.912. The second kappa shape index (κ2) is 6.22. The molecule has 0 spiro atoms. The third-order valence-corrected chi connectivity index (χ3v) is 5.47. The van der Waals surface area contributed by atoms with Crippen molar-refractivity contribution in [1.82, 2.24) is 4.72 Å². The summed E-state index contributed by atoms with van der Waals surface area (Å²) in [7, 11) is -2.02. The summed E-state index contributed by atoms with van der Waals surface area (Å²) in [6, 6.07) is 12.7. The molecule has 2 aromatic carbocycles. The molecule has 5 nitrogen and oxygen atoms in total. The Morgan fingerprint density at radius 2 is 2.04 bits per heavy atom. The van der Waals surface area contributed by atoms with Crippen molar-refractivity contribution >= 4 is 10.0 Å². The molecule has 6 heteroatoms. The first-order valence-electron chi connectivity index (χ1n) is 7.38. The highest BCUT2D eigenvalue weighted by atomic mass is 32.2. The van der Waals surface area contributed by atoms with Crippen molar-refractivity contribution in [3.63, 3.8) is 0 Å². The topological polar surface area (TPSA) is 64.6 Å². The molecular formula is C17H19NO4S. The van der Waals surface area contributed by atoms with Crippen LogP contribution in [0.1, 0.15) is 11.1 Å². The molecule has 0 bridgehead atoms. The molecule has 0 fully saturated rings. The molecule has 0 amide bonds. The zero-order valence-corrected chi connectivity index (χ0v) is 13.9. The fraction of sp³-hybridized carbons (Fsp3) is 0.294. The Morgan fingerprint density at radius 1 is 1.26 bits per heavy atom. The molecular weight excluding hydrogens is 314 g/mol. The van der Waals surface area contributed by atoms with Gasteiger partial charge in [-0.1, -0.05) is 18.2 Å². The van der Waals surface area contributed by atoms with E-state index in [1.807, 2.05) is 24.3 Å². The van der Waals surface area contributed by atoms with Crippen LogP contribution in [0.25, 0.3) is 0 Å². The number of methoxy groups -OCH3 is 1. The minimum atomic E-state index is -3.58. The summed E-state index contributed by atoms with van der Waals surface area (Å²) in [6.07, 6.45) is 0.529. The number of benzene rings is 2. The van der Waals surface area contributed by atoms with Gasteiger partial charge in [0.05, 0.1) is 12.0 Å². The van der Waals surface area contributed by atoms with Gasteiger partial charge in [0.15, 0.2) is 0 Å². The largest absolute Gasteiger partial charge is 0.497 e. The molecule has 1 N–H and O–H groups in total. The van der Waals surface area contributed by atoms with Crippen LogP contribution >= 0.6 is 0 Å². The maximum atomic E-state index is 12.5. The smallest absolute Gasteiger partial charge is 0.240 e. The van der Waals surface area contributed by atoms with E-state index in [1.54, 1.807) is 32.2 Å². The number of fused-ring (bicyclic) bond motifs is 1. The van der Waals surface area contributed by atoms with Crippen LogP contribution in [0.5, 0.6) is 11.5 Å². The highest BCUT2D eigenvalue weighted by molar-refractivity contribution is 7.89. The van der Waals surface area contributed by atoms with Gasteiger partial charge in [-0.15, -0.1) is 0 Å². The third-order valence-electron chi connectivity index (χ3n) is 3.89. The number of ether oxygens (including phenoxy) is 2. The van der Waals surface area contributed by atoms with Crippen LogP contribution in [0, 0.1) is 6.92 Å². The summed E-state index contributed by atoms with van der Waals surface area (Å²) in [6.45, 7) is 1.99. The van der Waals surface area contributed by atoms with Crippen LogP contribution in [0.2, 0.25) is 0 Å². The van der Waals surface area contributed by atoms with Crippen molar-refractivity contribution < 1.29 is 17.9 Å². The molecule has 1 atom stereocenters. The minimum absolute atomic E-state index is 0.180. The van der Waals surface area contributed by atoms with Crippen molar-refractivity contribution in [2.45, 2.75) is 24.3 Å². The van der Waals surface area contributed by atoms with Crippen molar-refractivity contribution in [1.29, 1.82) is 0 Å². The van der Waals surface area contributed by atoms with E-state index in [0.717, 1.165) is 11.3 Å². The lowest BCUT2D eigenvalue weighted by Crippen LogP contribution is -2.34. The van der Waals surface area contributed by atoms with E-state index < -0.39 is 10.0 Å². The van der Waals surface area contributed by atoms with Gasteiger partial charge in [0.1, 0.15) is 17.6 Å². The summed E-state index contributed by atoms with van der Waals surface area (Å²) in [4.78, 5) is 0.258. The highest BCUT2D eigenvalue weighted by Crippen LogP contribution is 2.28. The van der Waals surface area contributed by atoms with Gasteiger partial charge in [-0.2, -0.15) is 0 Å². The third kappa shape index (κ3) is 3.33. The summed E-state index contributed by atoms with van der Waals surface area (Å²) >= 11 is 0. The van der Waals surface area contributed by atoms with E-state index in [4.69, 9.17) is 9.47 Å². The summed E-state index contributed by atoms with van der Waals surface area (Å²) < 4.78 is 38.4. The minimum Gasteiger partial charge on any atom is -0.497 e. The normalized spacial score (nSPS) is 16.7. The van der Waals surface area contributed by atoms with Crippen LogP contribution in [0.4, 0.5) is 0 Å². The Morgan fingerprint density at radius 3 is 2.74 bits per heavy atom. The number of aryl methyl sites for hydroxylation is 1. The lowest BCUT2D eigenvalue weighted by atomic mass is 10.1. The number of para-hydroxylation sites is 1. The molecule has 2 aromatic rings. The van der Waals surface area contributed by atoms with Gasteiger partial charge in [0.25, 0.3) is 0 Å². The van der Waals surface area contributed by atoms with Crippen LogP contribution in [-0.4, -0.2) is 28.2 Å². The zero-order chi connectivity index (χ0) is 16.4. The highest BCUT2D eigenvalue weighted by Gasteiger charge is 2.25. The molecule has 0 saturated carbocycles. The summed E-state index contributed by atoms with van der Waals surface area (Å²) in [5, 5.41) is 0. The Hall–Kier alpha value is -2.05. The first kappa shape index (κ1) is 15.8. The number of sulfonamides is 1. The van der Waals surface area contributed by atoms with Crippen LogP contribution < -0.4 is 14.2 Å². The Bertz CT molecular complexity index is 792. The second-order valence-electron chi connectivity index (χ2n) is 5.54. The number of hydrogen-bond donors (Lipinski definition) is 1. The number of rotatable bonds is 5. The van der Waals surface area contributed by atoms with Gasteiger partial charge in [0, 0.05) is 13.0 Å². The average molecular weight is 333 g/mol. The molecule has 0 aliphatic carbocycles. The van der Waals surface area contributed by atoms with Gasteiger partial charge in [0.2, 0.25) is 10.0 Å². The van der Waals surface area contributed by atoms with Gasteiger partial charge in [-0.05, 0) is 42.3 Å². The molecule has 1 unspecified atom stereocenters. The molecule has 1 aliphatic rings. The monoisotopic (exact) mass is 333 g/mol. The average Bonchev–Trinajstić information content (AvgIpc) is 2.95. The number of nitrogens with one attached hydrogen (secondary N) is 1. The molecule has 1 aliphatic heterocycles. The first-order chi connectivity index (χ1) is 11.0. The standard InChI is InChI=1S/C17H19NO4S/c1-12-9-14(21-2)7-8-17(12)23(19,20)18-11-15-10-13-5-3-4-6-16(13)22-15/h3-9,15,18H,10-11H2,1-2H3. The van der Waals surface area contributed by atoms with Crippen LogP contribution in [-0.2, 0) is 16.4 Å². The van der Waals surface area contributed by atoms with E-state index in [9.17, 15) is 8.42 Å². The van der Waals surface area contributed by atoms with Crippen molar-refractivity contribution in [2.24, 2.45) is 0 Å². The van der Waals surface area contributed by atoms with Crippen molar-refractivity contribution in [2.75, 3.05) is 13.7 Å². The van der Waals surface area contributed by atoms with E-state index in [-0.39, 0.29) is 17.5 Å². The van der Waals surface area contributed by atoms with E-state index in [0.29, 0.717) is 17.7 Å². The summed E-state index contributed by atoms with van der Waals surface area (Å²) in [5.41, 5.74) is 1.75. The molecule has 0 saturated heterocycles. The predicted molar refractivity (Wildman–Crippen MR) is 87.5 cm³/mol. The van der Waals surface area contributed by atoms with Gasteiger partial charge in [-0.25, -0.2) is 13.1 Å². The van der Waals surface area contributed by atoms with Gasteiger partial charge in [-0.3, -0.25) is 0 Å². The fourth-order valence-corrected chi connectivity index (χ4v) is 3.99. The maximum Gasteiger partial charge on any atom is 0.240 e. The lowest BCUT2D eigenvalue weighted by Gasteiger charge is -2.14. The Balaban J connectivity index is 1.68. The van der Waals surface area contributed by atoms with Gasteiger partial charge >= 0.3 is 0 Å². The lowest BCUT2D eigenvalue weighted by molar-refractivity contribution is 0.236. The maximum absolute atomic E-state index is 12.5. The SMILES string of the molecule is COc1ccc(S(=O)(=O)NCC2Cc3ccccc3O2)c(C)c1. The number of hydrogen-bond acceptors (Lipinski definition) is 4. The van der Waals surface area contributed by atoms with Gasteiger partial charge < -0.3 is 9.47 Å². The molecule has 0 aromatic heterocycles. The van der Waals surface area contributed by atoms with E-state index in [1.165, 1.54) is 0 Å². The van der Waals surface area contributed by atoms with Crippen molar-refractivity contribution in [3.8, 4) is 11.5 Å².